The van der Waals surface area contributed by atoms with Gasteiger partial charge < -0.3 is 10.8 Å². The third kappa shape index (κ3) is 2.20. The normalized spacial score (nSPS) is 12.8. The number of carbonyl (C=O) groups is 1. The SMILES string of the molecule is CC(CC(=O)O)c1csc(N)n1. The molecule has 0 saturated carbocycles. The molecule has 1 heterocycles. The van der Waals surface area contributed by atoms with Crippen LogP contribution in [0.2, 0.25) is 0 Å². The van der Waals surface area contributed by atoms with Gasteiger partial charge in [-0.05, 0) is 0 Å². The van der Waals surface area contributed by atoms with Gasteiger partial charge in [-0.15, -0.1) is 11.3 Å². The average Bonchev–Trinajstić information content (AvgIpc) is 2.34. The molecule has 0 radical (unpaired) electrons. The first-order valence-electron chi connectivity index (χ1n) is 3.52. The highest BCUT2D eigenvalue weighted by Gasteiger charge is 2.12. The zero-order valence-electron chi connectivity index (χ0n) is 6.65. The summed E-state index contributed by atoms with van der Waals surface area (Å²) in [7, 11) is 0. The Kier molecular flexibility index (Phi) is 2.65. The van der Waals surface area contributed by atoms with E-state index in [9.17, 15) is 4.79 Å². The lowest BCUT2D eigenvalue weighted by Crippen LogP contribution is -2.03. The van der Waals surface area contributed by atoms with Crippen molar-refractivity contribution in [2.24, 2.45) is 0 Å². The maximum absolute atomic E-state index is 10.3. The van der Waals surface area contributed by atoms with Gasteiger partial charge in [0.05, 0.1) is 12.1 Å². The van der Waals surface area contributed by atoms with Gasteiger partial charge in [-0.1, -0.05) is 6.92 Å². The maximum Gasteiger partial charge on any atom is 0.304 e. The van der Waals surface area contributed by atoms with Crippen LogP contribution in [-0.2, 0) is 4.79 Å². The van der Waals surface area contributed by atoms with Crippen LogP contribution in [0.25, 0.3) is 0 Å². The quantitative estimate of drug-likeness (QED) is 0.746. The molecule has 5 heteroatoms. The van der Waals surface area contributed by atoms with Crippen LogP contribution in [0.15, 0.2) is 5.38 Å². The van der Waals surface area contributed by atoms with Gasteiger partial charge in [-0.2, -0.15) is 0 Å². The van der Waals surface area contributed by atoms with Crippen molar-refractivity contribution in [1.82, 2.24) is 4.98 Å². The van der Waals surface area contributed by atoms with Crippen LogP contribution in [0, 0.1) is 0 Å². The van der Waals surface area contributed by atoms with Crippen LogP contribution in [0.5, 0.6) is 0 Å². The van der Waals surface area contributed by atoms with Crippen LogP contribution in [0.1, 0.15) is 25.0 Å². The monoisotopic (exact) mass is 186 g/mol. The van der Waals surface area contributed by atoms with Crippen molar-refractivity contribution in [2.45, 2.75) is 19.3 Å². The molecule has 12 heavy (non-hydrogen) atoms. The van der Waals surface area contributed by atoms with Gasteiger partial charge in [-0.25, -0.2) is 4.98 Å². The van der Waals surface area contributed by atoms with Gasteiger partial charge in [-0.3, -0.25) is 4.79 Å². The molecule has 0 saturated heterocycles. The molecule has 66 valence electrons. The van der Waals surface area contributed by atoms with Gasteiger partial charge in [0.15, 0.2) is 5.13 Å². The summed E-state index contributed by atoms with van der Waals surface area (Å²) in [5.74, 6) is -0.870. The van der Waals surface area contributed by atoms with E-state index in [1.54, 1.807) is 5.38 Å². The number of nitrogens with two attached hydrogens (primary N) is 1. The van der Waals surface area contributed by atoms with Crippen LogP contribution >= 0.6 is 11.3 Å². The first-order chi connectivity index (χ1) is 5.59. The Morgan fingerprint density at radius 3 is 3.00 bits per heavy atom. The minimum atomic E-state index is -0.811. The fourth-order valence-corrected chi connectivity index (χ4v) is 1.58. The molecule has 0 amide bonds. The zero-order chi connectivity index (χ0) is 9.14. The molecule has 1 aromatic heterocycles. The highest BCUT2D eigenvalue weighted by atomic mass is 32.1. The van der Waals surface area contributed by atoms with E-state index in [-0.39, 0.29) is 12.3 Å². The standard InChI is InChI=1S/C7H10N2O2S/c1-4(2-6(10)11)5-3-12-7(8)9-5/h3-4H,2H2,1H3,(H2,8,9)(H,10,11). The van der Waals surface area contributed by atoms with E-state index >= 15 is 0 Å². The van der Waals surface area contributed by atoms with Crippen LogP contribution in [0.3, 0.4) is 0 Å². The molecule has 1 atom stereocenters. The Morgan fingerprint density at radius 1 is 1.92 bits per heavy atom. The number of nitrogens with zero attached hydrogens (tertiary/aromatic N) is 1. The largest absolute Gasteiger partial charge is 0.481 e. The Bertz CT molecular complexity index is 285. The van der Waals surface area contributed by atoms with Gasteiger partial charge >= 0.3 is 5.97 Å². The minimum Gasteiger partial charge on any atom is -0.481 e. The predicted molar refractivity (Wildman–Crippen MR) is 47.2 cm³/mol. The summed E-state index contributed by atoms with van der Waals surface area (Å²) in [5.41, 5.74) is 6.17. The third-order valence-electron chi connectivity index (χ3n) is 1.53. The van der Waals surface area contributed by atoms with Crippen molar-refractivity contribution < 1.29 is 9.90 Å². The number of hydrogen-bond donors (Lipinski definition) is 2. The van der Waals surface area contributed by atoms with E-state index in [1.807, 2.05) is 6.92 Å². The van der Waals surface area contributed by atoms with Crippen LogP contribution in [0.4, 0.5) is 5.13 Å². The van der Waals surface area contributed by atoms with Gasteiger partial charge in [0.25, 0.3) is 0 Å². The second-order valence-electron chi connectivity index (χ2n) is 2.61. The molecule has 0 fully saturated rings. The van der Waals surface area contributed by atoms with E-state index in [4.69, 9.17) is 10.8 Å². The maximum atomic E-state index is 10.3. The molecular weight excluding hydrogens is 176 g/mol. The summed E-state index contributed by atoms with van der Waals surface area (Å²) in [5, 5.41) is 10.8. The number of carboxylic acids is 1. The lowest BCUT2D eigenvalue weighted by Gasteiger charge is -2.02. The summed E-state index contributed by atoms with van der Waals surface area (Å²) in [6, 6.07) is 0. The van der Waals surface area contributed by atoms with E-state index < -0.39 is 5.97 Å². The van der Waals surface area contributed by atoms with Crippen molar-refractivity contribution in [1.29, 1.82) is 0 Å². The first-order valence-corrected chi connectivity index (χ1v) is 4.40. The number of nitrogen functional groups attached to an aromatic ring is 1. The predicted octanol–water partition coefficient (Wildman–Crippen LogP) is 1.30. The molecule has 0 bridgehead atoms. The highest BCUT2D eigenvalue weighted by Crippen LogP contribution is 2.21. The van der Waals surface area contributed by atoms with Crippen LogP contribution < -0.4 is 5.73 Å². The number of aromatic nitrogens is 1. The number of rotatable bonds is 3. The molecule has 0 aliphatic rings. The van der Waals surface area contributed by atoms with E-state index in [1.165, 1.54) is 11.3 Å². The average molecular weight is 186 g/mol. The number of anilines is 1. The molecule has 3 N–H and O–H groups in total. The number of aliphatic carboxylic acids is 1. The highest BCUT2D eigenvalue weighted by molar-refractivity contribution is 7.13. The lowest BCUT2D eigenvalue weighted by atomic mass is 10.1. The molecule has 1 aromatic rings. The Morgan fingerprint density at radius 2 is 2.58 bits per heavy atom. The van der Waals surface area contributed by atoms with Gasteiger partial charge in [0.1, 0.15) is 0 Å². The number of thiazole rings is 1. The Hall–Kier alpha value is -1.10. The van der Waals surface area contributed by atoms with Crippen molar-refractivity contribution in [3.63, 3.8) is 0 Å². The Balaban J connectivity index is 2.64. The molecule has 4 nitrogen and oxygen atoms in total. The lowest BCUT2D eigenvalue weighted by molar-refractivity contribution is -0.137. The molecule has 0 aromatic carbocycles. The second-order valence-corrected chi connectivity index (χ2v) is 3.50. The summed E-state index contributed by atoms with van der Waals surface area (Å²) >= 11 is 1.33. The topological polar surface area (TPSA) is 76.2 Å². The van der Waals surface area contributed by atoms with Crippen LogP contribution in [-0.4, -0.2) is 16.1 Å². The van der Waals surface area contributed by atoms with Crippen molar-refractivity contribution in [2.75, 3.05) is 5.73 Å². The smallest absolute Gasteiger partial charge is 0.304 e. The molecule has 1 unspecified atom stereocenters. The minimum absolute atomic E-state index is 0.0592. The van der Waals surface area contributed by atoms with E-state index in [0.29, 0.717) is 5.13 Å². The molecule has 0 spiro atoms. The third-order valence-corrected chi connectivity index (χ3v) is 2.22. The zero-order valence-corrected chi connectivity index (χ0v) is 7.47. The van der Waals surface area contributed by atoms with Gasteiger partial charge in [0, 0.05) is 11.3 Å². The molecule has 0 aliphatic heterocycles. The van der Waals surface area contributed by atoms with Gasteiger partial charge in [0.2, 0.25) is 0 Å². The summed E-state index contributed by atoms with van der Waals surface area (Å²) < 4.78 is 0. The number of hydrogen-bond acceptors (Lipinski definition) is 4. The van der Waals surface area contributed by atoms with Crippen molar-refractivity contribution in [3.8, 4) is 0 Å². The van der Waals surface area contributed by atoms with E-state index in [2.05, 4.69) is 4.98 Å². The number of carboxylic acid groups (broad SMARTS) is 1. The first kappa shape index (κ1) is 8.99. The second kappa shape index (κ2) is 3.53. The van der Waals surface area contributed by atoms with Crippen molar-refractivity contribution >= 4 is 22.4 Å². The van der Waals surface area contributed by atoms with Crippen molar-refractivity contribution in [3.05, 3.63) is 11.1 Å². The Labute approximate surface area is 74.0 Å². The summed E-state index contributed by atoms with van der Waals surface area (Å²) in [4.78, 5) is 14.3. The fraction of sp³-hybridized carbons (Fsp3) is 0.429. The fourth-order valence-electron chi connectivity index (χ4n) is 0.894. The molecule has 0 aliphatic carbocycles. The molecular formula is C7H10N2O2S. The summed E-state index contributed by atoms with van der Waals surface area (Å²) in [6.07, 6.45) is 0.100. The molecule has 1 rings (SSSR count). The summed E-state index contributed by atoms with van der Waals surface area (Å²) in [6.45, 7) is 1.82. The van der Waals surface area contributed by atoms with E-state index in [0.717, 1.165) is 5.69 Å².